The number of unbranched alkanes of at least 4 members (excludes halogenated alkanes) is 1. The van der Waals surface area contributed by atoms with Crippen LogP contribution in [-0.2, 0) is 4.79 Å². The lowest BCUT2D eigenvalue weighted by Gasteiger charge is -2.18. The number of nitrogens with zero attached hydrogens (tertiary/aromatic N) is 1. The predicted molar refractivity (Wildman–Crippen MR) is 151 cm³/mol. The number of amides is 2. The van der Waals surface area contributed by atoms with E-state index in [-0.39, 0.29) is 23.7 Å². The van der Waals surface area contributed by atoms with Crippen molar-refractivity contribution in [3.05, 3.63) is 82.4 Å². The standard InChI is InChI=1S/C26H29N5O5S.ClH/c1-36-22-10-3-2-8-20(22)29-26(33)24-21(30-25(32)19(28)7-4-5-16-27)9-6-11-23(24)37-18-14-12-17(13-15-18)31(34)35;/h2-3,6,8-15,19H,4-5,7,16,27-28H2,1H3,(H,29,33)(H,30,32);1H. The fraction of sp³-hybridized carbons (Fsp3) is 0.231. The molecule has 0 aliphatic rings. The highest BCUT2D eigenvalue weighted by molar-refractivity contribution is 7.99. The maximum absolute atomic E-state index is 13.6. The summed E-state index contributed by atoms with van der Waals surface area (Å²) in [5.41, 5.74) is 12.5. The average Bonchev–Trinajstić information content (AvgIpc) is 2.89. The highest BCUT2D eigenvalue weighted by Gasteiger charge is 2.22. The van der Waals surface area contributed by atoms with Gasteiger partial charge in [-0.2, -0.15) is 0 Å². The maximum Gasteiger partial charge on any atom is 0.269 e. The molecule has 0 bridgehead atoms. The summed E-state index contributed by atoms with van der Waals surface area (Å²) in [5.74, 6) is -0.411. The van der Waals surface area contributed by atoms with Crippen LogP contribution in [0.2, 0.25) is 0 Å². The molecule has 1 atom stereocenters. The Balaban J connectivity index is 0.00000507. The number of methoxy groups -OCH3 is 1. The molecule has 2 amide bonds. The Morgan fingerprint density at radius 1 is 1.00 bits per heavy atom. The number of hydrogen-bond donors (Lipinski definition) is 4. The van der Waals surface area contributed by atoms with Crippen LogP contribution in [0.3, 0.4) is 0 Å². The Morgan fingerprint density at radius 2 is 1.68 bits per heavy atom. The quantitative estimate of drug-likeness (QED) is 0.139. The molecule has 0 saturated heterocycles. The molecule has 3 aromatic carbocycles. The molecule has 0 aliphatic heterocycles. The molecule has 3 aromatic rings. The van der Waals surface area contributed by atoms with Crippen LogP contribution in [0, 0.1) is 10.1 Å². The number of nitrogens with one attached hydrogen (secondary N) is 2. The van der Waals surface area contributed by atoms with E-state index in [2.05, 4.69) is 10.6 Å². The van der Waals surface area contributed by atoms with Crippen LogP contribution in [0.5, 0.6) is 5.75 Å². The minimum absolute atomic E-state index is 0. The number of rotatable bonds is 12. The molecule has 6 N–H and O–H groups in total. The summed E-state index contributed by atoms with van der Waals surface area (Å²) in [6.07, 6.45) is 1.93. The molecule has 1 unspecified atom stereocenters. The van der Waals surface area contributed by atoms with Crippen LogP contribution < -0.4 is 26.8 Å². The Bertz CT molecular complexity index is 1260. The molecule has 0 saturated carbocycles. The fourth-order valence-electron chi connectivity index (χ4n) is 3.52. The summed E-state index contributed by atoms with van der Waals surface area (Å²) >= 11 is 1.24. The number of nitro groups is 1. The van der Waals surface area contributed by atoms with Gasteiger partial charge in [-0.05, 0) is 55.8 Å². The van der Waals surface area contributed by atoms with E-state index in [9.17, 15) is 19.7 Å². The van der Waals surface area contributed by atoms with Crippen LogP contribution in [-0.4, -0.2) is 36.4 Å². The number of nitrogens with two attached hydrogens (primary N) is 2. The van der Waals surface area contributed by atoms with E-state index < -0.39 is 22.8 Å². The predicted octanol–water partition coefficient (Wildman–Crippen LogP) is 4.82. The van der Waals surface area contributed by atoms with Crippen LogP contribution in [0.25, 0.3) is 0 Å². The van der Waals surface area contributed by atoms with E-state index in [4.69, 9.17) is 16.2 Å². The van der Waals surface area contributed by atoms with E-state index in [1.807, 2.05) is 0 Å². The first-order valence-corrected chi connectivity index (χ1v) is 12.4. The first-order valence-electron chi connectivity index (χ1n) is 11.6. The third-order valence-electron chi connectivity index (χ3n) is 5.45. The summed E-state index contributed by atoms with van der Waals surface area (Å²) in [5, 5.41) is 16.6. The molecule has 0 spiro atoms. The fourth-order valence-corrected chi connectivity index (χ4v) is 4.49. The van der Waals surface area contributed by atoms with Crippen molar-refractivity contribution in [3.8, 4) is 5.75 Å². The molecule has 202 valence electrons. The number of benzene rings is 3. The number of nitro benzene ring substituents is 1. The summed E-state index contributed by atoms with van der Waals surface area (Å²) in [6.45, 7) is 0.517. The summed E-state index contributed by atoms with van der Waals surface area (Å²) in [6, 6.07) is 17.3. The zero-order valence-electron chi connectivity index (χ0n) is 20.7. The van der Waals surface area contributed by atoms with Gasteiger partial charge in [0.2, 0.25) is 5.91 Å². The van der Waals surface area contributed by atoms with Gasteiger partial charge in [0.25, 0.3) is 11.6 Å². The Hall–Kier alpha value is -3.64. The number of ether oxygens (including phenoxy) is 1. The summed E-state index contributed by atoms with van der Waals surface area (Å²) in [4.78, 5) is 38.1. The summed E-state index contributed by atoms with van der Waals surface area (Å²) < 4.78 is 5.34. The molecule has 12 heteroatoms. The largest absolute Gasteiger partial charge is 0.495 e. The first-order chi connectivity index (χ1) is 17.8. The Morgan fingerprint density at radius 3 is 2.34 bits per heavy atom. The van der Waals surface area contributed by atoms with Gasteiger partial charge in [-0.1, -0.05) is 36.4 Å². The number of hydrogen-bond acceptors (Lipinski definition) is 8. The Kier molecular flexibility index (Phi) is 12.0. The maximum atomic E-state index is 13.6. The second kappa shape index (κ2) is 14.9. The molecule has 0 aliphatic carbocycles. The molecule has 0 heterocycles. The van der Waals surface area contributed by atoms with E-state index >= 15 is 0 Å². The number of carbonyl (C=O) groups excluding carboxylic acids is 2. The third-order valence-corrected chi connectivity index (χ3v) is 6.52. The third kappa shape index (κ3) is 8.18. The van der Waals surface area contributed by atoms with Crippen molar-refractivity contribution >= 4 is 53.0 Å². The van der Waals surface area contributed by atoms with Crippen molar-refractivity contribution < 1.29 is 19.2 Å². The van der Waals surface area contributed by atoms with Gasteiger partial charge in [-0.3, -0.25) is 19.7 Å². The van der Waals surface area contributed by atoms with Gasteiger partial charge < -0.3 is 26.8 Å². The van der Waals surface area contributed by atoms with Crippen molar-refractivity contribution in [2.75, 3.05) is 24.3 Å². The van der Waals surface area contributed by atoms with Gasteiger partial charge in [0.05, 0.1) is 35.0 Å². The van der Waals surface area contributed by atoms with Crippen LogP contribution in [0.4, 0.5) is 17.1 Å². The topological polar surface area (TPSA) is 163 Å². The van der Waals surface area contributed by atoms with Crippen LogP contribution in [0.15, 0.2) is 76.5 Å². The smallest absolute Gasteiger partial charge is 0.269 e. The first kappa shape index (κ1) is 30.6. The lowest BCUT2D eigenvalue weighted by Crippen LogP contribution is -2.36. The van der Waals surface area contributed by atoms with Gasteiger partial charge in [-0.15, -0.1) is 12.4 Å². The van der Waals surface area contributed by atoms with Gasteiger partial charge in [-0.25, -0.2) is 0 Å². The minimum Gasteiger partial charge on any atom is -0.495 e. The molecule has 38 heavy (non-hydrogen) atoms. The van der Waals surface area contributed by atoms with Crippen LogP contribution in [0.1, 0.15) is 29.6 Å². The molecule has 0 radical (unpaired) electrons. The number of anilines is 2. The number of carbonyl (C=O) groups is 2. The van der Waals surface area contributed by atoms with E-state index in [1.165, 1.54) is 31.0 Å². The molecule has 3 rings (SSSR count). The minimum atomic E-state index is -0.761. The monoisotopic (exact) mass is 559 g/mol. The van der Waals surface area contributed by atoms with Crippen molar-refractivity contribution in [3.63, 3.8) is 0 Å². The highest BCUT2D eigenvalue weighted by Crippen LogP contribution is 2.36. The zero-order valence-corrected chi connectivity index (χ0v) is 22.3. The Labute approximate surface area is 231 Å². The van der Waals surface area contributed by atoms with Gasteiger partial charge in [0, 0.05) is 21.9 Å². The number of para-hydroxylation sites is 2. The lowest BCUT2D eigenvalue weighted by atomic mass is 10.1. The normalized spacial score (nSPS) is 11.1. The van der Waals surface area contributed by atoms with Crippen molar-refractivity contribution in [1.82, 2.24) is 0 Å². The average molecular weight is 560 g/mol. The van der Waals surface area contributed by atoms with Crippen molar-refractivity contribution in [2.45, 2.75) is 35.1 Å². The molecular weight excluding hydrogens is 530 g/mol. The SMILES string of the molecule is COc1ccccc1NC(=O)c1c(NC(=O)C(N)CCCCN)cccc1Sc1ccc([N+](=O)[O-])cc1.Cl. The highest BCUT2D eigenvalue weighted by atomic mass is 35.5. The number of non-ortho nitro benzene ring substituents is 1. The van der Waals surface area contributed by atoms with Crippen molar-refractivity contribution in [2.24, 2.45) is 11.5 Å². The summed E-state index contributed by atoms with van der Waals surface area (Å²) in [7, 11) is 1.50. The number of halogens is 1. The van der Waals surface area contributed by atoms with Crippen LogP contribution >= 0.6 is 24.2 Å². The second-order valence-corrected chi connectivity index (χ2v) is 9.18. The molecular formula is C26H30ClN5O5S. The van der Waals surface area contributed by atoms with Crippen molar-refractivity contribution in [1.29, 1.82) is 0 Å². The molecule has 0 fully saturated rings. The van der Waals surface area contributed by atoms with E-state index in [0.717, 1.165) is 6.42 Å². The zero-order chi connectivity index (χ0) is 26.8. The van der Waals surface area contributed by atoms with Gasteiger partial charge >= 0.3 is 0 Å². The van der Waals surface area contributed by atoms with Gasteiger partial charge in [0.15, 0.2) is 0 Å². The molecule has 0 aromatic heterocycles. The van der Waals surface area contributed by atoms with Gasteiger partial charge in [0.1, 0.15) is 5.75 Å². The van der Waals surface area contributed by atoms with E-state index in [1.54, 1.807) is 54.6 Å². The molecule has 10 nitrogen and oxygen atoms in total. The van der Waals surface area contributed by atoms with E-state index in [0.29, 0.717) is 46.3 Å². The lowest BCUT2D eigenvalue weighted by molar-refractivity contribution is -0.384. The second-order valence-electron chi connectivity index (χ2n) is 8.07.